The van der Waals surface area contributed by atoms with E-state index in [2.05, 4.69) is 15.0 Å². The summed E-state index contributed by atoms with van der Waals surface area (Å²) in [5.74, 6) is -0.400. The number of hydrogen-bond donors (Lipinski definition) is 1. The Labute approximate surface area is 168 Å². The van der Waals surface area contributed by atoms with Crippen molar-refractivity contribution in [3.05, 3.63) is 68.6 Å². The molecule has 1 heterocycles. The molecule has 0 saturated heterocycles. The van der Waals surface area contributed by atoms with Gasteiger partial charge >= 0.3 is 6.61 Å². The van der Waals surface area contributed by atoms with Crippen LogP contribution in [0.3, 0.4) is 0 Å². The second kappa shape index (κ2) is 8.31. The van der Waals surface area contributed by atoms with E-state index >= 15 is 0 Å². The second-order valence-electron chi connectivity index (χ2n) is 6.04. The van der Waals surface area contributed by atoms with Crippen LogP contribution in [0.15, 0.2) is 42.5 Å². The number of ether oxygens (including phenoxy) is 1. The lowest BCUT2D eigenvalue weighted by atomic mass is 10.1. The molecule has 0 bridgehead atoms. The fourth-order valence-corrected chi connectivity index (χ4v) is 3.51. The van der Waals surface area contributed by atoms with Gasteiger partial charge in [-0.25, -0.2) is 4.98 Å². The van der Waals surface area contributed by atoms with Crippen LogP contribution in [0.2, 0.25) is 0 Å². The Morgan fingerprint density at radius 1 is 1.21 bits per heavy atom. The predicted octanol–water partition coefficient (Wildman–Crippen LogP) is 5.19. The SMILES string of the molecule is Cc1cc(C(=O)Nc2nc(-c3ccc(OC(F)F)cc3)c(C)s2)ccc1[N+](=O)[O-]. The van der Waals surface area contributed by atoms with Crippen molar-refractivity contribution in [2.24, 2.45) is 0 Å². The Bertz CT molecular complexity index is 1070. The first-order chi connectivity index (χ1) is 13.7. The fraction of sp³-hybridized carbons (Fsp3) is 0.158. The molecule has 0 spiro atoms. The van der Waals surface area contributed by atoms with E-state index in [-0.39, 0.29) is 17.0 Å². The first-order valence-corrected chi connectivity index (χ1v) is 9.15. The Balaban J connectivity index is 1.77. The third kappa shape index (κ3) is 4.72. The van der Waals surface area contributed by atoms with Crippen LogP contribution < -0.4 is 10.1 Å². The number of thiazole rings is 1. The summed E-state index contributed by atoms with van der Waals surface area (Å²) in [6.45, 7) is 0.483. The predicted molar refractivity (Wildman–Crippen MR) is 105 cm³/mol. The lowest BCUT2D eigenvalue weighted by molar-refractivity contribution is -0.385. The minimum atomic E-state index is -2.90. The van der Waals surface area contributed by atoms with Gasteiger partial charge in [-0.1, -0.05) is 0 Å². The van der Waals surface area contributed by atoms with Crippen LogP contribution in [0.25, 0.3) is 11.3 Å². The van der Waals surface area contributed by atoms with Gasteiger partial charge in [-0.15, -0.1) is 11.3 Å². The largest absolute Gasteiger partial charge is 0.435 e. The zero-order chi connectivity index (χ0) is 21.1. The lowest BCUT2D eigenvalue weighted by Gasteiger charge is -2.05. The van der Waals surface area contributed by atoms with Crippen LogP contribution >= 0.6 is 11.3 Å². The van der Waals surface area contributed by atoms with Gasteiger partial charge in [0.25, 0.3) is 11.6 Å². The molecule has 0 atom stereocenters. The summed E-state index contributed by atoms with van der Waals surface area (Å²) < 4.78 is 28.8. The fourth-order valence-electron chi connectivity index (χ4n) is 2.68. The number of rotatable bonds is 6. The molecule has 10 heteroatoms. The van der Waals surface area contributed by atoms with E-state index in [0.29, 0.717) is 22.0 Å². The quantitative estimate of drug-likeness (QED) is 0.438. The molecule has 29 heavy (non-hydrogen) atoms. The number of nitro benzene ring substituents is 1. The minimum absolute atomic E-state index is 0.0405. The Morgan fingerprint density at radius 2 is 1.90 bits per heavy atom. The van der Waals surface area contributed by atoms with Crippen molar-refractivity contribution >= 4 is 28.1 Å². The van der Waals surface area contributed by atoms with Crippen LogP contribution in [-0.4, -0.2) is 22.4 Å². The van der Waals surface area contributed by atoms with Gasteiger partial charge in [0.2, 0.25) is 0 Å². The molecule has 1 amide bonds. The van der Waals surface area contributed by atoms with E-state index in [0.717, 1.165) is 4.88 Å². The molecule has 2 aromatic carbocycles. The van der Waals surface area contributed by atoms with Gasteiger partial charge in [-0.2, -0.15) is 8.78 Å². The third-order valence-corrected chi connectivity index (χ3v) is 4.91. The third-order valence-electron chi connectivity index (χ3n) is 4.03. The number of alkyl halides is 2. The molecular weight excluding hydrogens is 404 g/mol. The molecule has 0 saturated carbocycles. The summed E-state index contributed by atoms with van der Waals surface area (Å²) in [6.07, 6.45) is 0. The summed E-state index contributed by atoms with van der Waals surface area (Å²) in [7, 11) is 0. The van der Waals surface area contributed by atoms with Crippen molar-refractivity contribution < 1.29 is 23.2 Å². The molecule has 7 nitrogen and oxygen atoms in total. The molecule has 0 radical (unpaired) electrons. The number of nitrogens with one attached hydrogen (secondary N) is 1. The summed E-state index contributed by atoms with van der Waals surface area (Å²) >= 11 is 1.26. The zero-order valence-electron chi connectivity index (χ0n) is 15.3. The molecule has 3 rings (SSSR count). The molecule has 0 unspecified atom stereocenters. The molecule has 0 aliphatic carbocycles. The van der Waals surface area contributed by atoms with Crippen molar-refractivity contribution in [2.45, 2.75) is 20.5 Å². The van der Waals surface area contributed by atoms with E-state index < -0.39 is 17.4 Å². The number of carbonyl (C=O) groups excluding carboxylic acids is 1. The topological polar surface area (TPSA) is 94.4 Å². The Morgan fingerprint density at radius 3 is 2.48 bits per heavy atom. The zero-order valence-corrected chi connectivity index (χ0v) is 16.1. The number of nitro groups is 1. The number of hydrogen-bond acceptors (Lipinski definition) is 6. The number of benzene rings is 2. The van der Waals surface area contributed by atoms with Gasteiger partial charge in [-0.3, -0.25) is 20.2 Å². The van der Waals surface area contributed by atoms with Crippen LogP contribution in [0.4, 0.5) is 19.6 Å². The normalized spacial score (nSPS) is 10.8. The first-order valence-electron chi connectivity index (χ1n) is 8.33. The van der Waals surface area contributed by atoms with Crippen LogP contribution in [0.5, 0.6) is 5.75 Å². The standard InChI is InChI=1S/C19H15F2N3O4S/c1-10-9-13(5-8-15(10)24(26)27)17(25)23-19-22-16(11(2)29-19)12-3-6-14(7-4-12)28-18(20)21/h3-9,18H,1-2H3,(H,22,23,25). The van der Waals surface area contributed by atoms with Crippen molar-refractivity contribution in [3.63, 3.8) is 0 Å². The van der Waals surface area contributed by atoms with Crippen molar-refractivity contribution in [1.29, 1.82) is 0 Å². The highest BCUT2D eigenvalue weighted by Gasteiger charge is 2.16. The van der Waals surface area contributed by atoms with Gasteiger partial charge in [0.1, 0.15) is 5.75 Å². The highest BCUT2D eigenvalue weighted by molar-refractivity contribution is 7.16. The smallest absolute Gasteiger partial charge is 0.387 e. The average Bonchev–Trinajstić information content (AvgIpc) is 3.01. The van der Waals surface area contributed by atoms with Crippen LogP contribution in [0, 0.1) is 24.0 Å². The molecule has 0 fully saturated rings. The molecule has 3 aromatic rings. The average molecular weight is 419 g/mol. The number of carbonyl (C=O) groups is 1. The van der Waals surface area contributed by atoms with Crippen molar-refractivity contribution in [3.8, 4) is 17.0 Å². The summed E-state index contributed by atoms with van der Waals surface area (Å²) in [4.78, 5) is 28.1. The first kappa shape index (κ1) is 20.3. The van der Waals surface area contributed by atoms with E-state index in [1.807, 2.05) is 6.92 Å². The number of halogens is 2. The number of aryl methyl sites for hydroxylation is 2. The number of anilines is 1. The number of aromatic nitrogens is 1. The van der Waals surface area contributed by atoms with Gasteiger partial charge in [0.05, 0.1) is 10.6 Å². The highest BCUT2D eigenvalue weighted by atomic mass is 32.1. The van der Waals surface area contributed by atoms with E-state index in [9.17, 15) is 23.7 Å². The van der Waals surface area contributed by atoms with E-state index in [1.54, 1.807) is 19.1 Å². The number of amides is 1. The summed E-state index contributed by atoms with van der Waals surface area (Å²) in [5, 5.41) is 13.9. The van der Waals surface area contributed by atoms with E-state index in [1.165, 1.54) is 41.7 Å². The maximum absolute atomic E-state index is 12.5. The second-order valence-corrected chi connectivity index (χ2v) is 7.24. The molecule has 0 aliphatic heterocycles. The molecule has 0 aliphatic rings. The van der Waals surface area contributed by atoms with Gasteiger partial charge in [0, 0.05) is 27.6 Å². The minimum Gasteiger partial charge on any atom is -0.435 e. The van der Waals surface area contributed by atoms with Gasteiger partial charge in [0.15, 0.2) is 5.13 Å². The molecule has 1 N–H and O–H groups in total. The summed E-state index contributed by atoms with van der Waals surface area (Å²) in [5.41, 5.74) is 1.88. The maximum atomic E-state index is 12.5. The molecule has 1 aromatic heterocycles. The van der Waals surface area contributed by atoms with Crippen LogP contribution in [-0.2, 0) is 0 Å². The van der Waals surface area contributed by atoms with E-state index in [4.69, 9.17) is 0 Å². The molecular formula is C19H15F2N3O4S. The summed E-state index contributed by atoms with van der Waals surface area (Å²) in [6, 6.07) is 10.1. The molecule has 150 valence electrons. The van der Waals surface area contributed by atoms with Crippen molar-refractivity contribution in [2.75, 3.05) is 5.32 Å². The van der Waals surface area contributed by atoms with Gasteiger partial charge in [-0.05, 0) is 50.2 Å². The Kier molecular flexibility index (Phi) is 5.83. The lowest BCUT2D eigenvalue weighted by Crippen LogP contribution is -2.12. The Hall–Kier alpha value is -3.40. The monoisotopic (exact) mass is 419 g/mol. The van der Waals surface area contributed by atoms with Crippen LogP contribution in [0.1, 0.15) is 20.8 Å². The highest BCUT2D eigenvalue weighted by Crippen LogP contribution is 2.32. The maximum Gasteiger partial charge on any atom is 0.387 e. The number of nitrogens with zero attached hydrogens (tertiary/aromatic N) is 2. The van der Waals surface area contributed by atoms with Crippen molar-refractivity contribution in [1.82, 2.24) is 4.98 Å². The van der Waals surface area contributed by atoms with Gasteiger partial charge < -0.3 is 4.74 Å².